The molecule has 1 fully saturated rings. The fraction of sp³-hybridized carbons (Fsp3) is 0.615. The normalized spacial score (nSPS) is 18.1. The maximum Gasteiger partial charge on any atom is 0.359 e. The van der Waals surface area contributed by atoms with Crippen LogP contribution < -0.4 is 0 Å². The number of carbonyl (C=O) groups excluding carboxylic acids is 2. The van der Waals surface area contributed by atoms with Crippen molar-refractivity contribution >= 4 is 11.9 Å². The van der Waals surface area contributed by atoms with Gasteiger partial charge in [-0.2, -0.15) is 5.10 Å². The molecule has 0 radical (unpaired) electrons. The molecule has 1 aromatic rings. The number of hydrogen-bond acceptors (Lipinski definition) is 4. The van der Waals surface area contributed by atoms with Gasteiger partial charge in [-0.15, -0.1) is 0 Å². The number of esters is 1. The molecule has 3 rings (SSSR count). The molecule has 0 bridgehead atoms. The predicted octanol–water partition coefficient (Wildman–Crippen LogP) is 0.881. The number of rotatable bonds is 3. The van der Waals surface area contributed by atoms with Gasteiger partial charge in [-0.05, 0) is 19.8 Å². The van der Waals surface area contributed by atoms with Crippen molar-refractivity contribution in [3.63, 3.8) is 0 Å². The third-order valence-electron chi connectivity index (χ3n) is 3.64. The van der Waals surface area contributed by atoms with E-state index in [2.05, 4.69) is 10.2 Å². The van der Waals surface area contributed by atoms with Crippen LogP contribution in [-0.2, 0) is 22.5 Å². The Kier molecular flexibility index (Phi) is 3.00. The smallest absolute Gasteiger partial charge is 0.359 e. The monoisotopic (exact) mass is 263 g/mol. The predicted molar refractivity (Wildman–Crippen MR) is 66.4 cm³/mol. The lowest BCUT2D eigenvalue weighted by atomic mass is 10.0. The number of aromatic nitrogens is 2. The Morgan fingerprint density at radius 2 is 2.26 bits per heavy atom. The van der Waals surface area contributed by atoms with E-state index >= 15 is 0 Å². The molecule has 0 spiro atoms. The molecule has 6 nitrogen and oxygen atoms in total. The second kappa shape index (κ2) is 4.68. The topological polar surface area (TPSA) is 75.3 Å². The lowest BCUT2D eigenvalue weighted by Crippen LogP contribution is -2.37. The van der Waals surface area contributed by atoms with Crippen molar-refractivity contribution in [1.29, 1.82) is 0 Å². The van der Waals surface area contributed by atoms with Crippen molar-refractivity contribution in [3.8, 4) is 0 Å². The van der Waals surface area contributed by atoms with Crippen molar-refractivity contribution in [3.05, 3.63) is 17.0 Å². The van der Waals surface area contributed by atoms with Gasteiger partial charge in [0.2, 0.25) is 5.91 Å². The summed E-state index contributed by atoms with van der Waals surface area (Å²) >= 11 is 0. The maximum atomic E-state index is 12.1. The fourth-order valence-electron chi connectivity index (χ4n) is 2.44. The first-order chi connectivity index (χ1) is 9.20. The summed E-state index contributed by atoms with van der Waals surface area (Å²) < 4.78 is 4.98. The van der Waals surface area contributed by atoms with Crippen molar-refractivity contribution in [2.75, 3.05) is 13.2 Å². The largest absolute Gasteiger partial charge is 0.461 e. The quantitative estimate of drug-likeness (QED) is 0.821. The number of ether oxygens (including phenoxy) is 1. The van der Waals surface area contributed by atoms with Crippen LogP contribution >= 0.6 is 0 Å². The van der Waals surface area contributed by atoms with Crippen molar-refractivity contribution < 1.29 is 14.3 Å². The lowest BCUT2D eigenvalue weighted by Gasteiger charge is -2.27. The summed E-state index contributed by atoms with van der Waals surface area (Å²) in [5.41, 5.74) is 2.09. The third-order valence-corrected chi connectivity index (χ3v) is 3.64. The number of fused-ring (bicyclic) bond motifs is 1. The molecule has 0 saturated heterocycles. The molecule has 1 aliphatic carbocycles. The summed E-state index contributed by atoms with van der Waals surface area (Å²) in [6.07, 6.45) is 2.72. The zero-order chi connectivity index (χ0) is 13.4. The highest BCUT2D eigenvalue weighted by Gasteiger charge is 2.36. The van der Waals surface area contributed by atoms with E-state index in [1.54, 1.807) is 6.92 Å². The molecule has 0 atom stereocenters. The van der Waals surface area contributed by atoms with Gasteiger partial charge < -0.3 is 9.64 Å². The molecule has 6 heteroatoms. The average Bonchev–Trinajstić information content (AvgIpc) is 3.17. The van der Waals surface area contributed by atoms with E-state index < -0.39 is 5.97 Å². The Morgan fingerprint density at radius 3 is 2.95 bits per heavy atom. The van der Waals surface area contributed by atoms with Crippen LogP contribution in [0.4, 0.5) is 0 Å². The summed E-state index contributed by atoms with van der Waals surface area (Å²) in [7, 11) is 0. The van der Waals surface area contributed by atoms with Gasteiger partial charge in [-0.25, -0.2) is 4.79 Å². The average molecular weight is 263 g/mol. The molecule has 1 N–H and O–H groups in total. The highest BCUT2D eigenvalue weighted by Crippen LogP contribution is 2.33. The van der Waals surface area contributed by atoms with Crippen molar-refractivity contribution in [1.82, 2.24) is 15.1 Å². The number of nitrogens with one attached hydrogen (secondary N) is 1. The Labute approximate surface area is 111 Å². The van der Waals surface area contributed by atoms with E-state index in [4.69, 9.17) is 4.74 Å². The van der Waals surface area contributed by atoms with Gasteiger partial charge in [0.05, 0.1) is 6.61 Å². The summed E-state index contributed by atoms with van der Waals surface area (Å²) in [5.74, 6) is 0.00174. The van der Waals surface area contributed by atoms with Gasteiger partial charge in [-0.3, -0.25) is 9.89 Å². The minimum Gasteiger partial charge on any atom is -0.461 e. The minimum absolute atomic E-state index is 0.208. The fourth-order valence-corrected chi connectivity index (χ4v) is 2.44. The molecule has 2 aliphatic rings. The van der Waals surface area contributed by atoms with E-state index in [0.29, 0.717) is 25.4 Å². The van der Waals surface area contributed by atoms with E-state index in [0.717, 1.165) is 30.5 Å². The van der Waals surface area contributed by atoms with Crippen LogP contribution in [0.25, 0.3) is 0 Å². The first-order valence-corrected chi connectivity index (χ1v) is 6.72. The molecule has 1 amide bonds. The number of nitrogens with zero attached hydrogens (tertiary/aromatic N) is 2. The SMILES string of the molecule is CCOC(=O)c1n[nH]c2c1CN(C(=O)C1CC1)CC2. The number of carbonyl (C=O) groups is 2. The van der Waals surface area contributed by atoms with Gasteiger partial charge in [0.1, 0.15) is 0 Å². The summed E-state index contributed by atoms with van der Waals surface area (Å²) in [6, 6.07) is 0. The van der Waals surface area contributed by atoms with Gasteiger partial charge >= 0.3 is 5.97 Å². The summed E-state index contributed by atoms with van der Waals surface area (Å²) in [5, 5.41) is 6.91. The van der Waals surface area contributed by atoms with Gasteiger partial charge in [-0.1, -0.05) is 0 Å². The van der Waals surface area contributed by atoms with Crippen LogP contribution in [0, 0.1) is 5.92 Å². The van der Waals surface area contributed by atoms with Crippen molar-refractivity contribution in [2.24, 2.45) is 5.92 Å². The summed E-state index contributed by atoms with van der Waals surface area (Å²) in [6.45, 7) is 3.26. The third kappa shape index (κ3) is 2.22. The lowest BCUT2D eigenvalue weighted by molar-refractivity contribution is -0.133. The first-order valence-electron chi connectivity index (χ1n) is 6.72. The van der Waals surface area contributed by atoms with E-state index in [-0.39, 0.29) is 11.8 Å². The second-order valence-corrected chi connectivity index (χ2v) is 5.03. The van der Waals surface area contributed by atoms with Crippen LogP contribution in [0.5, 0.6) is 0 Å². The van der Waals surface area contributed by atoms with Crippen LogP contribution in [-0.4, -0.2) is 40.1 Å². The van der Waals surface area contributed by atoms with E-state index in [1.807, 2.05) is 4.90 Å². The molecular weight excluding hydrogens is 246 g/mol. The summed E-state index contributed by atoms with van der Waals surface area (Å²) in [4.78, 5) is 25.7. The van der Waals surface area contributed by atoms with Crippen molar-refractivity contribution in [2.45, 2.75) is 32.7 Å². The highest BCUT2D eigenvalue weighted by atomic mass is 16.5. The minimum atomic E-state index is -0.416. The molecule has 1 aromatic heterocycles. The number of hydrogen-bond donors (Lipinski definition) is 1. The first kappa shape index (κ1) is 12.2. The number of H-pyrrole nitrogens is 1. The Morgan fingerprint density at radius 1 is 1.47 bits per heavy atom. The number of amides is 1. The number of aromatic amines is 1. The van der Waals surface area contributed by atoms with Crippen LogP contribution in [0.15, 0.2) is 0 Å². The Bertz CT molecular complexity index is 519. The molecular formula is C13H17N3O3. The zero-order valence-electron chi connectivity index (χ0n) is 10.9. The molecule has 0 unspecified atom stereocenters. The van der Waals surface area contributed by atoms with Crippen LogP contribution in [0.3, 0.4) is 0 Å². The molecule has 1 aliphatic heterocycles. The second-order valence-electron chi connectivity index (χ2n) is 5.03. The van der Waals surface area contributed by atoms with Crippen LogP contribution in [0.1, 0.15) is 41.5 Å². The van der Waals surface area contributed by atoms with Crippen LogP contribution in [0.2, 0.25) is 0 Å². The maximum absolute atomic E-state index is 12.1. The molecule has 1 saturated carbocycles. The van der Waals surface area contributed by atoms with Gasteiger partial charge in [0.15, 0.2) is 5.69 Å². The molecule has 19 heavy (non-hydrogen) atoms. The highest BCUT2D eigenvalue weighted by molar-refractivity contribution is 5.89. The molecule has 102 valence electrons. The van der Waals surface area contributed by atoms with E-state index in [9.17, 15) is 9.59 Å². The van der Waals surface area contributed by atoms with Gasteiger partial charge in [0, 0.05) is 36.7 Å². The Balaban J connectivity index is 1.80. The molecule has 0 aromatic carbocycles. The zero-order valence-corrected chi connectivity index (χ0v) is 10.9. The van der Waals surface area contributed by atoms with Gasteiger partial charge in [0.25, 0.3) is 0 Å². The Hall–Kier alpha value is -1.85. The standard InChI is InChI=1S/C13H17N3O3/c1-2-19-13(18)11-9-7-16(12(17)8-3-4-8)6-5-10(9)14-15-11/h8H,2-7H2,1H3,(H,14,15). The van der Waals surface area contributed by atoms with E-state index in [1.165, 1.54) is 0 Å². The molecule has 2 heterocycles.